The number of rotatable bonds is 6. The Morgan fingerprint density at radius 2 is 1.80 bits per heavy atom. The first-order valence-corrected chi connectivity index (χ1v) is 10.3. The fraction of sp³-hybridized carbons (Fsp3) is 0.250. The fourth-order valence-electron chi connectivity index (χ4n) is 4.04. The van der Waals surface area contributed by atoms with Gasteiger partial charge in [-0.15, -0.1) is 0 Å². The third-order valence-electron chi connectivity index (χ3n) is 5.58. The number of piperazine rings is 1. The normalized spacial score (nSPS) is 15.4. The van der Waals surface area contributed by atoms with Crippen molar-refractivity contribution in [2.45, 2.75) is 6.04 Å². The molecule has 154 valence electrons. The molecule has 6 heteroatoms. The molecule has 2 heterocycles. The molecule has 1 aromatic heterocycles. The number of anilines is 2. The Morgan fingerprint density at radius 3 is 2.50 bits per heavy atom. The predicted octanol–water partition coefficient (Wildman–Crippen LogP) is 1.59. The number of aromatic amines is 1. The second-order valence-electron chi connectivity index (χ2n) is 7.46. The molecule has 0 spiro atoms. The van der Waals surface area contributed by atoms with Crippen molar-refractivity contribution in [3.63, 3.8) is 0 Å². The van der Waals surface area contributed by atoms with Crippen LogP contribution in [0.25, 0.3) is 0 Å². The van der Waals surface area contributed by atoms with Gasteiger partial charge in [0.15, 0.2) is 6.04 Å². The molecule has 0 unspecified atom stereocenters. The third-order valence-corrected chi connectivity index (χ3v) is 5.58. The molecule has 1 aliphatic heterocycles. The number of aromatic nitrogens is 1. The van der Waals surface area contributed by atoms with Crippen molar-refractivity contribution in [1.82, 2.24) is 0 Å². The molecule has 3 aromatic rings. The van der Waals surface area contributed by atoms with Crippen molar-refractivity contribution < 1.29 is 19.4 Å². The van der Waals surface area contributed by atoms with Crippen molar-refractivity contribution in [2.75, 3.05) is 43.5 Å². The molecule has 1 amide bonds. The van der Waals surface area contributed by atoms with Crippen LogP contribution in [0.2, 0.25) is 0 Å². The van der Waals surface area contributed by atoms with Gasteiger partial charge in [-0.2, -0.15) is 0 Å². The second kappa shape index (κ2) is 9.41. The Bertz CT molecular complexity index is 957. The van der Waals surface area contributed by atoms with Crippen LogP contribution < -0.4 is 24.8 Å². The highest BCUT2D eigenvalue weighted by Crippen LogP contribution is 2.19. The Kier molecular flexibility index (Phi) is 6.25. The van der Waals surface area contributed by atoms with Crippen molar-refractivity contribution in [2.24, 2.45) is 0 Å². The fourth-order valence-corrected chi connectivity index (χ4v) is 4.04. The van der Waals surface area contributed by atoms with Crippen molar-refractivity contribution in [3.8, 4) is 5.75 Å². The van der Waals surface area contributed by atoms with Gasteiger partial charge in [-0.3, -0.25) is 9.69 Å². The molecule has 30 heavy (non-hydrogen) atoms. The predicted molar refractivity (Wildman–Crippen MR) is 117 cm³/mol. The first kappa shape index (κ1) is 19.9. The number of hydrogen-bond donors (Lipinski definition) is 2. The minimum atomic E-state index is -0.265. The van der Waals surface area contributed by atoms with E-state index in [0.717, 1.165) is 49.0 Å². The Balaban J connectivity index is 1.51. The van der Waals surface area contributed by atoms with E-state index in [0.29, 0.717) is 0 Å². The molecule has 3 N–H and O–H groups in total. The van der Waals surface area contributed by atoms with Crippen molar-refractivity contribution in [1.29, 1.82) is 0 Å². The summed E-state index contributed by atoms with van der Waals surface area (Å²) in [6, 6.07) is 23.4. The molecule has 1 fully saturated rings. The van der Waals surface area contributed by atoms with Gasteiger partial charge in [0.1, 0.15) is 31.9 Å². The van der Waals surface area contributed by atoms with E-state index in [1.165, 1.54) is 4.90 Å². The van der Waals surface area contributed by atoms with Gasteiger partial charge in [-0.1, -0.05) is 42.5 Å². The molecular formula is C24H28N4O2+2. The molecule has 0 bridgehead atoms. The third kappa shape index (κ3) is 4.60. The molecule has 1 saturated heterocycles. The quantitative estimate of drug-likeness (QED) is 0.656. The Hall–Kier alpha value is -3.38. The van der Waals surface area contributed by atoms with Crippen LogP contribution >= 0.6 is 0 Å². The molecule has 2 aromatic carbocycles. The number of benzene rings is 2. The molecule has 1 atom stereocenters. The van der Waals surface area contributed by atoms with Gasteiger partial charge in [0.05, 0.1) is 13.3 Å². The van der Waals surface area contributed by atoms with E-state index in [1.807, 2.05) is 72.9 Å². The van der Waals surface area contributed by atoms with Gasteiger partial charge in [-0.05, 0) is 18.2 Å². The summed E-state index contributed by atoms with van der Waals surface area (Å²) in [5, 5.41) is 3.10. The Labute approximate surface area is 177 Å². The summed E-state index contributed by atoms with van der Waals surface area (Å²) in [6.07, 6.45) is 1.95. The molecule has 0 radical (unpaired) electrons. The van der Waals surface area contributed by atoms with Crippen LogP contribution in [0.1, 0.15) is 11.6 Å². The maximum absolute atomic E-state index is 13.4. The lowest BCUT2D eigenvalue weighted by atomic mass is 10.0. The van der Waals surface area contributed by atoms with E-state index < -0.39 is 0 Å². The van der Waals surface area contributed by atoms with E-state index in [9.17, 15) is 4.79 Å². The van der Waals surface area contributed by atoms with Crippen molar-refractivity contribution >= 4 is 17.4 Å². The zero-order valence-electron chi connectivity index (χ0n) is 17.2. The van der Waals surface area contributed by atoms with Crippen LogP contribution in [-0.2, 0) is 4.79 Å². The summed E-state index contributed by atoms with van der Waals surface area (Å²) in [5.41, 5.74) is 1.78. The van der Waals surface area contributed by atoms with Crippen LogP contribution in [0.3, 0.4) is 0 Å². The number of pyridine rings is 1. The molecular weight excluding hydrogens is 376 g/mol. The topological polar surface area (TPSA) is 60.1 Å². The first-order valence-electron chi connectivity index (χ1n) is 10.3. The largest absolute Gasteiger partial charge is 0.497 e. The zero-order chi connectivity index (χ0) is 20.8. The smallest absolute Gasteiger partial charge is 0.287 e. The average Bonchev–Trinajstić information content (AvgIpc) is 2.81. The highest BCUT2D eigenvalue weighted by Gasteiger charge is 2.36. The van der Waals surface area contributed by atoms with E-state index in [4.69, 9.17) is 4.74 Å². The molecule has 0 aliphatic carbocycles. The van der Waals surface area contributed by atoms with Crippen LogP contribution in [0, 0.1) is 0 Å². The summed E-state index contributed by atoms with van der Waals surface area (Å²) in [5.74, 6) is 1.85. The standard InChI is InChI=1S/C24H26N4O2/c1-30-21-11-7-10-20(18-21)26-24(29)23(19-8-3-2-4-9-19)28-16-14-27(15-17-28)22-12-5-6-13-25-22/h2-13,18,23H,14-17H2,1H3,(H,26,29)/p+2/t23-/m1/s1. The lowest BCUT2D eigenvalue weighted by Crippen LogP contribution is -3.16. The van der Waals surface area contributed by atoms with Crippen LogP contribution in [-0.4, -0.2) is 39.2 Å². The summed E-state index contributed by atoms with van der Waals surface area (Å²) in [6.45, 7) is 3.55. The number of methoxy groups -OCH3 is 1. The van der Waals surface area contributed by atoms with E-state index >= 15 is 0 Å². The number of ether oxygens (including phenoxy) is 1. The van der Waals surface area contributed by atoms with E-state index in [2.05, 4.69) is 21.3 Å². The van der Waals surface area contributed by atoms with Crippen LogP contribution in [0.15, 0.2) is 79.0 Å². The monoisotopic (exact) mass is 404 g/mol. The van der Waals surface area contributed by atoms with E-state index in [1.54, 1.807) is 7.11 Å². The summed E-state index contributed by atoms with van der Waals surface area (Å²) >= 11 is 0. The average molecular weight is 405 g/mol. The van der Waals surface area contributed by atoms with Crippen molar-refractivity contribution in [3.05, 3.63) is 84.6 Å². The SMILES string of the molecule is COc1cccc(NC(=O)[C@@H](c2ccccc2)[NH+]2CCN(c3cccc[nH+]3)CC2)c1. The number of hydrogen-bond acceptors (Lipinski definition) is 3. The highest BCUT2D eigenvalue weighted by atomic mass is 16.5. The highest BCUT2D eigenvalue weighted by molar-refractivity contribution is 5.94. The maximum Gasteiger partial charge on any atom is 0.287 e. The van der Waals surface area contributed by atoms with Gasteiger partial charge >= 0.3 is 0 Å². The number of nitrogens with one attached hydrogen (secondary N) is 3. The van der Waals surface area contributed by atoms with Crippen LogP contribution in [0.4, 0.5) is 11.5 Å². The minimum absolute atomic E-state index is 0.00387. The van der Waals surface area contributed by atoms with Gasteiger partial charge in [0.25, 0.3) is 11.7 Å². The maximum atomic E-state index is 13.4. The second-order valence-corrected chi connectivity index (χ2v) is 7.46. The van der Waals surface area contributed by atoms with E-state index in [-0.39, 0.29) is 11.9 Å². The number of carbonyl (C=O) groups excluding carboxylic acids is 1. The Morgan fingerprint density at radius 1 is 1.03 bits per heavy atom. The number of nitrogens with zero attached hydrogens (tertiary/aromatic N) is 1. The van der Waals surface area contributed by atoms with Gasteiger partial charge in [-0.25, -0.2) is 4.98 Å². The number of carbonyl (C=O) groups is 1. The molecule has 6 nitrogen and oxygen atoms in total. The molecule has 1 aliphatic rings. The first-order chi connectivity index (χ1) is 14.7. The van der Waals surface area contributed by atoms with Gasteiger partial charge < -0.3 is 15.0 Å². The number of amides is 1. The number of H-pyrrole nitrogens is 1. The summed E-state index contributed by atoms with van der Waals surface area (Å²) in [4.78, 5) is 20.3. The lowest BCUT2D eigenvalue weighted by Gasteiger charge is -2.33. The number of quaternary nitrogens is 1. The molecule has 4 rings (SSSR count). The minimum Gasteiger partial charge on any atom is -0.497 e. The summed E-state index contributed by atoms with van der Waals surface area (Å²) in [7, 11) is 1.63. The van der Waals surface area contributed by atoms with Crippen LogP contribution in [0.5, 0.6) is 5.75 Å². The van der Waals surface area contributed by atoms with Gasteiger partial charge in [0.2, 0.25) is 0 Å². The van der Waals surface area contributed by atoms with Gasteiger partial charge in [0, 0.05) is 23.4 Å². The molecule has 0 saturated carbocycles. The lowest BCUT2D eigenvalue weighted by molar-refractivity contribution is -0.922. The zero-order valence-corrected chi connectivity index (χ0v) is 17.2. The summed E-state index contributed by atoms with van der Waals surface area (Å²) < 4.78 is 5.29.